The highest BCUT2D eigenvalue weighted by atomic mass is 35.5. The molecular weight excluding hydrogens is 364 g/mol. The van der Waals surface area contributed by atoms with Crippen molar-refractivity contribution in [3.05, 3.63) is 22.7 Å². The number of hydrogen-bond acceptors (Lipinski definition) is 5. The van der Waals surface area contributed by atoms with Crippen LogP contribution in [0, 0.1) is 0 Å². The van der Waals surface area contributed by atoms with Gasteiger partial charge in [-0.2, -0.15) is 0 Å². The van der Waals surface area contributed by atoms with Crippen LogP contribution >= 0.6 is 11.6 Å². The van der Waals surface area contributed by atoms with E-state index in [0.717, 1.165) is 67.5 Å². The van der Waals surface area contributed by atoms with Crippen molar-refractivity contribution >= 4 is 11.6 Å². The first-order chi connectivity index (χ1) is 12.9. The lowest BCUT2D eigenvalue weighted by Crippen LogP contribution is -2.50. The van der Waals surface area contributed by atoms with Crippen LogP contribution < -0.4 is 9.47 Å². The molecule has 0 spiro atoms. The molecule has 1 heterocycles. The number of nitrogens with zero attached hydrogens (tertiary/aromatic N) is 2. The zero-order valence-electron chi connectivity index (χ0n) is 17.5. The molecule has 0 bridgehead atoms. The van der Waals surface area contributed by atoms with Crippen molar-refractivity contribution in [2.24, 2.45) is 0 Å². The highest BCUT2D eigenvalue weighted by molar-refractivity contribution is 6.31. The number of benzene rings is 1. The van der Waals surface area contributed by atoms with Gasteiger partial charge in [0, 0.05) is 44.4 Å². The summed E-state index contributed by atoms with van der Waals surface area (Å²) in [6.45, 7) is 9.10. The standard InChI is InChI=1S/C21H35ClN2O3/c1-6-12-27-20-14-18(22)17(13-19(20)26-7-2)15-24-10-8-21(25-5,9-11-24)16-23(3)4/h13-14H,6-12,15-16H2,1-5H3. The number of methoxy groups -OCH3 is 1. The fourth-order valence-electron chi connectivity index (χ4n) is 3.65. The van der Waals surface area contributed by atoms with Crippen LogP contribution in [0.3, 0.4) is 0 Å². The van der Waals surface area contributed by atoms with E-state index in [0.29, 0.717) is 13.2 Å². The lowest BCUT2D eigenvalue weighted by atomic mass is 9.90. The zero-order chi connectivity index (χ0) is 19.9. The molecule has 0 unspecified atom stereocenters. The summed E-state index contributed by atoms with van der Waals surface area (Å²) in [5.41, 5.74) is 1.04. The molecule has 2 rings (SSSR count). The van der Waals surface area contributed by atoms with Crippen LogP contribution in [0.4, 0.5) is 0 Å². The molecule has 154 valence electrons. The molecular formula is C21H35ClN2O3. The minimum absolute atomic E-state index is 0.0435. The Morgan fingerprint density at radius 3 is 2.33 bits per heavy atom. The van der Waals surface area contributed by atoms with Crippen LogP contribution in [0.5, 0.6) is 11.5 Å². The van der Waals surface area contributed by atoms with E-state index in [1.54, 1.807) is 0 Å². The average molecular weight is 399 g/mol. The quantitative estimate of drug-likeness (QED) is 0.593. The molecule has 6 heteroatoms. The van der Waals surface area contributed by atoms with Gasteiger partial charge in [0.2, 0.25) is 0 Å². The Kier molecular flexibility index (Phi) is 8.67. The van der Waals surface area contributed by atoms with Crippen LogP contribution in [0.15, 0.2) is 12.1 Å². The Hall–Kier alpha value is -1.01. The summed E-state index contributed by atoms with van der Waals surface area (Å²) in [4.78, 5) is 4.65. The van der Waals surface area contributed by atoms with E-state index in [1.165, 1.54) is 0 Å². The third-order valence-corrected chi connectivity index (χ3v) is 5.42. The second-order valence-electron chi connectivity index (χ2n) is 7.57. The third-order valence-electron chi connectivity index (χ3n) is 5.07. The molecule has 0 radical (unpaired) electrons. The fourth-order valence-corrected chi connectivity index (χ4v) is 3.87. The first kappa shape index (κ1) is 22.3. The van der Waals surface area contributed by atoms with Gasteiger partial charge in [0.15, 0.2) is 11.5 Å². The SMILES string of the molecule is CCCOc1cc(Cl)c(CN2CCC(CN(C)C)(OC)CC2)cc1OCC. The van der Waals surface area contributed by atoms with Gasteiger partial charge in [-0.3, -0.25) is 4.90 Å². The Labute approximate surface area is 169 Å². The second kappa shape index (κ2) is 10.5. The smallest absolute Gasteiger partial charge is 0.162 e. The number of piperidine rings is 1. The maximum Gasteiger partial charge on any atom is 0.162 e. The summed E-state index contributed by atoms with van der Waals surface area (Å²) in [6.07, 6.45) is 3.00. The summed E-state index contributed by atoms with van der Waals surface area (Å²) < 4.78 is 17.5. The molecule has 0 atom stereocenters. The molecule has 1 aliphatic heterocycles. The van der Waals surface area contributed by atoms with Gasteiger partial charge in [0.05, 0.1) is 18.8 Å². The van der Waals surface area contributed by atoms with Crippen molar-refractivity contribution in [2.45, 2.75) is 45.3 Å². The van der Waals surface area contributed by atoms with E-state index in [1.807, 2.05) is 26.2 Å². The van der Waals surface area contributed by atoms with Crippen molar-refractivity contribution in [1.82, 2.24) is 9.80 Å². The summed E-state index contributed by atoms with van der Waals surface area (Å²) in [6, 6.07) is 3.93. The summed E-state index contributed by atoms with van der Waals surface area (Å²) in [5.74, 6) is 1.51. The van der Waals surface area contributed by atoms with E-state index in [4.69, 9.17) is 25.8 Å². The molecule has 5 nitrogen and oxygen atoms in total. The van der Waals surface area contributed by atoms with Gasteiger partial charge in [-0.25, -0.2) is 0 Å². The van der Waals surface area contributed by atoms with Crippen molar-refractivity contribution in [1.29, 1.82) is 0 Å². The van der Waals surface area contributed by atoms with Crippen molar-refractivity contribution < 1.29 is 14.2 Å². The summed E-state index contributed by atoms with van der Waals surface area (Å²) in [5, 5.41) is 0.737. The molecule has 0 saturated carbocycles. The van der Waals surface area contributed by atoms with Gasteiger partial charge < -0.3 is 19.1 Å². The lowest BCUT2D eigenvalue weighted by Gasteiger charge is -2.42. The molecule has 1 aromatic carbocycles. The number of likely N-dealkylation sites (N-methyl/N-ethyl adjacent to an activating group) is 1. The maximum absolute atomic E-state index is 6.56. The van der Waals surface area contributed by atoms with Crippen LogP contribution in [-0.2, 0) is 11.3 Å². The number of halogens is 1. The summed E-state index contributed by atoms with van der Waals surface area (Å²) >= 11 is 6.56. The average Bonchev–Trinajstić information content (AvgIpc) is 2.64. The van der Waals surface area contributed by atoms with Crippen LogP contribution in [-0.4, -0.2) is 69.5 Å². The molecule has 0 aliphatic carbocycles. The molecule has 1 saturated heterocycles. The Morgan fingerprint density at radius 2 is 1.78 bits per heavy atom. The zero-order valence-corrected chi connectivity index (χ0v) is 18.3. The lowest BCUT2D eigenvalue weighted by molar-refractivity contribution is -0.0712. The fraction of sp³-hybridized carbons (Fsp3) is 0.714. The first-order valence-electron chi connectivity index (χ1n) is 9.93. The Balaban J connectivity index is 2.06. The minimum atomic E-state index is -0.0435. The van der Waals surface area contributed by atoms with Gasteiger partial charge in [-0.15, -0.1) is 0 Å². The van der Waals surface area contributed by atoms with Gasteiger partial charge >= 0.3 is 0 Å². The molecule has 0 N–H and O–H groups in total. The highest BCUT2D eigenvalue weighted by Gasteiger charge is 2.35. The van der Waals surface area contributed by atoms with Gasteiger partial charge in [-0.05, 0) is 51.9 Å². The Bertz CT molecular complexity index is 587. The number of likely N-dealkylation sites (tertiary alicyclic amines) is 1. The van der Waals surface area contributed by atoms with Crippen LogP contribution in [0.2, 0.25) is 5.02 Å². The first-order valence-corrected chi connectivity index (χ1v) is 10.3. The third kappa shape index (κ3) is 6.24. The Morgan fingerprint density at radius 1 is 1.11 bits per heavy atom. The van der Waals surface area contributed by atoms with E-state index in [2.05, 4.69) is 30.8 Å². The molecule has 1 fully saturated rings. The molecule has 27 heavy (non-hydrogen) atoms. The van der Waals surface area contributed by atoms with Crippen molar-refractivity contribution in [3.8, 4) is 11.5 Å². The number of hydrogen-bond donors (Lipinski definition) is 0. The topological polar surface area (TPSA) is 34.2 Å². The minimum Gasteiger partial charge on any atom is -0.490 e. The number of ether oxygens (including phenoxy) is 3. The largest absolute Gasteiger partial charge is 0.490 e. The predicted octanol–water partition coefficient (Wildman–Crippen LogP) is 4.07. The second-order valence-corrected chi connectivity index (χ2v) is 7.98. The number of rotatable bonds is 10. The van der Waals surface area contributed by atoms with Gasteiger partial charge in [0.1, 0.15) is 0 Å². The van der Waals surface area contributed by atoms with E-state index >= 15 is 0 Å². The van der Waals surface area contributed by atoms with E-state index < -0.39 is 0 Å². The van der Waals surface area contributed by atoms with Gasteiger partial charge in [-0.1, -0.05) is 18.5 Å². The van der Waals surface area contributed by atoms with Crippen LogP contribution in [0.1, 0.15) is 38.7 Å². The maximum atomic E-state index is 6.56. The van der Waals surface area contributed by atoms with Crippen molar-refractivity contribution in [2.75, 3.05) is 54.1 Å². The molecule has 1 aromatic rings. The monoisotopic (exact) mass is 398 g/mol. The molecule has 1 aliphatic rings. The molecule has 0 amide bonds. The predicted molar refractivity (Wildman–Crippen MR) is 111 cm³/mol. The van der Waals surface area contributed by atoms with E-state index in [9.17, 15) is 0 Å². The van der Waals surface area contributed by atoms with E-state index in [-0.39, 0.29) is 5.60 Å². The van der Waals surface area contributed by atoms with Crippen LogP contribution in [0.25, 0.3) is 0 Å². The summed E-state index contributed by atoms with van der Waals surface area (Å²) in [7, 11) is 6.04. The van der Waals surface area contributed by atoms with Crippen molar-refractivity contribution in [3.63, 3.8) is 0 Å². The normalized spacial score (nSPS) is 17.3. The molecule has 0 aromatic heterocycles. The highest BCUT2D eigenvalue weighted by Crippen LogP contribution is 2.35. The van der Waals surface area contributed by atoms with Gasteiger partial charge in [0.25, 0.3) is 0 Å².